The molecule has 0 bridgehead atoms. The van der Waals surface area contributed by atoms with Gasteiger partial charge in [0, 0.05) is 18.3 Å². The molecule has 1 aromatic carbocycles. The molecule has 5 nitrogen and oxygen atoms in total. The summed E-state index contributed by atoms with van der Waals surface area (Å²) in [6.45, 7) is 6.00. The average Bonchev–Trinajstić information content (AvgIpc) is 3.02. The van der Waals surface area contributed by atoms with Crippen molar-refractivity contribution in [2.24, 2.45) is 5.92 Å². The summed E-state index contributed by atoms with van der Waals surface area (Å²) in [5.41, 5.74) is 1.39. The molecule has 2 N–H and O–H groups in total. The minimum atomic E-state index is -0.586. The molecule has 3 rings (SSSR count). The summed E-state index contributed by atoms with van der Waals surface area (Å²) >= 11 is 0. The number of hydrogen-bond donors (Lipinski definition) is 2. The Kier molecular flexibility index (Phi) is 5.11. The van der Waals surface area contributed by atoms with Gasteiger partial charge in [-0.25, -0.2) is 4.79 Å². The van der Waals surface area contributed by atoms with E-state index in [1.165, 1.54) is 0 Å². The maximum Gasteiger partial charge on any atom is 0.414 e. The van der Waals surface area contributed by atoms with Crippen molar-refractivity contribution in [3.63, 3.8) is 0 Å². The Labute approximate surface area is 144 Å². The Morgan fingerprint density at radius 2 is 2.17 bits per heavy atom. The number of carbonyl (C=O) groups is 1. The summed E-state index contributed by atoms with van der Waals surface area (Å²) in [6.07, 6.45) is 3.65. The van der Waals surface area contributed by atoms with Gasteiger partial charge in [-0.05, 0) is 56.2 Å². The molecule has 1 saturated carbocycles. The number of ether oxygens (including phenoxy) is 1. The topological polar surface area (TPSA) is 61.8 Å². The lowest BCUT2D eigenvalue weighted by Gasteiger charge is -2.36. The van der Waals surface area contributed by atoms with Crippen LogP contribution in [0.4, 0.5) is 10.5 Å². The van der Waals surface area contributed by atoms with Crippen LogP contribution < -0.4 is 10.2 Å². The highest BCUT2D eigenvalue weighted by Crippen LogP contribution is 2.32. The standard InChI is InChI=1S/C19H28N2O3/c1-14-6-8-19(23,9-7-14)13-20-15(2)16-4-3-5-17(12-16)21-10-11-24-18(21)22/h3-5,12,14-15,20,23H,6-11,13H2,1-2H3/t14?,15-,19?/m0/s1. The Morgan fingerprint density at radius 3 is 2.83 bits per heavy atom. The third kappa shape index (κ3) is 3.90. The van der Waals surface area contributed by atoms with Gasteiger partial charge in [0.15, 0.2) is 0 Å². The number of cyclic esters (lactones) is 1. The third-order valence-corrected chi connectivity index (χ3v) is 5.38. The predicted molar refractivity (Wildman–Crippen MR) is 94.1 cm³/mol. The summed E-state index contributed by atoms with van der Waals surface area (Å²) in [7, 11) is 0. The van der Waals surface area contributed by atoms with Crippen molar-refractivity contribution in [1.29, 1.82) is 0 Å². The summed E-state index contributed by atoms with van der Waals surface area (Å²) in [4.78, 5) is 13.4. The number of nitrogens with one attached hydrogen (secondary N) is 1. The van der Waals surface area contributed by atoms with Gasteiger partial charge in [-0.15, -0.1) is 0 Å². The summed E-state index contributed by atoms with van der Waals surface area (Å²) < 4.78 is 5.01. The first-order valence-corrected chi connectivity index (χ1v) is 8.97. The number of carbonyl (C=O) groups excluding carboxylic acids is 1. The van der Waals surface area contributed by atoms with E-state index in [0.29, 0.717) is 19.7 Å². The molecule has 1 aliphatic heterocycles. The smallest absolute Gasteiger partial charge is 0.414 e. The normalized spacial score (nSPS) is 28.7. The summed E-state index contributed by atoms with van der Waals surface area (Å²) in [5, 5.41) is 14.2. The molecule has 1 heterocycles. The molecule has 1 amide bonds. The Hall–Kier alpha value is -1.59. The van der Waals surface area contributed by atoms with E-state index >= 15 is 0 Å². The van der Waals surface area contributed by atoms with E-state index in [1.807, 2.05) is 18.2 Å². The SMILES string of the molecule is CC1CCC(O)(CN[C@@H](C)c2cccc(N3CCOC3=O)c2)CC1. The van der Waals surface area contributed by atoms with Crippen molar-refractivity contribution in [2.75, 3.05) is 24.6 Å². The van der Waals surface area contributed by atoms with Gasteiger partial charge in [-0.1, -0.05) is 19.1 Å². The zero-order valence-electron chi connectivity index (χ0n) is 14.6. The Balaban J connectivity index is 1.61. The van der Waals surface area contributed by atoms with Crippen LogP contribution in [0.5, 0.6) is 0 Å². The van der Waals surface area contributed by atoms with Crippen LogP contribution in [0.3, 0.4) is 0 Å². The van der Waals surface area contributed by atoms with E-state index in [2.05, 4.69) is 25.2 Å². The monoisotopic (exact) mass is 332 g/mol. The number of anilines is 1. The molecule has 2 fully saturated rings. The van der Waals surface area contributed by atoms with Gasteiger partial charge >= 0.3 is 6.09 Å². The second-order valence-corrected chi connectivity index (χ2v) is 7.37. The average molecular weight is 332 g/mol. The lowest BCUT2D eigenvalue weighted by Crippen LogP contribution is -2.44. The summed E-state index contributed by atoms with van der Waals surface area (Å²) in [6, 6.07) is 8.09. The number of nitrogens with zero attached hydrogens (tertiary/aromatic N) is 1. The van der Waals surface area contributed by atoms with Crippen LogP contribution in [0.1, 0.15) is 51.1 Å². The molecule has 2 aliphatic rings. The maximum absolute atomic E-state index is 11.7. The van der Waals surface area contributed by atoms with Gasteiger partial charge < -0.3 is 15.2 Å². The van der Waals surface area contributed by atoms with E-state index in [0.717, 1.165) is 42.9 Å². The highest BCUT2D eigenvalue weighted by atomic mass is 16.6. The maximum atomic E-state index is 11.7. The van der Waals surface area contributed by atoms with Crippen LogP contribution in [0.2, 0.25) is 0 Å². The third-order valence-electron chi connectivity index (χ3n) is 5.38. The fourth-order valence-electron chi connectivity index (χ4n) is 3.53. The van der Waals surface area contributed by atoms with Crippen molar-refractivity contribution in [3.8, 4) is 0 Å². The molecule has 1 aromatic rings. The molecule has 0 spiro atoms. The van der Waals surface area contributed by atoms with Gasteiger partial charge in [0.05, 0.1) is 12.1 Å². The zero-order chi connectivity index (χ0) is 17.2. The van der Waals surface area contributed by atoms with Crippen molar-refractivity contribution < 1.29 is 14.6 Å². The molecule has 5 heteroatoms. The highest BCUT2D eigenvalue weighted by Gasteiger charge is 2.32. The molecular weight excluding hydrogens is 304 g/mol. The predicted octanol–water partition coefficient (Wildman–Crippen LogP) is 3.24. The lowest BCUT2D eigenvalue weighted by molar-refractivity contribution is -0.00783. The van der Waals surface area contributed by atoms with Gasteiger partial charge in [-0.2, -0.15) is 0 Å². The van der Waals surface area contributed by atoms with Crippen LogP contribution in [0.15, 0.2) is 24.3 Å². The lowest BCUT2D eigenvalue weighted by atomic mass is 9.79. The first kappa shape index (κ1) is 17.2. The number of rotatable bonds is 5. The van der Waals surface area contributed by atoms with Crippen molar-refractivity contribution in [1.82, 2.24) is 5.32 Å². The minimum absolute atomic E-state index is 0.118. The molecule has 24 heavy (non-hydrogen) atoms. The quantitative estimate of drug-likeness (QED) is 0.869. The minimum Gasteiger partial charge on any atom is -0.447 e. The van der Waals surface area contributed by atoms with Crippen LogP contribution in [-0.4, -0.2) is 36.5 Å². The molecule has 132 valence electrons. The van der Waals surface area contributed by atoms with Gasteiger partial charge in [0.25, 0.3) is 0 Å². The fraction of sp³-hybridized carbons (Fsp3) is 0.632. The Morgan fingerprint density at radius 1 is 1.42 bits per heavy atom. The molecule has 0 aromatic heterocycles. The van der Waals surface area contributed by atoms with Crippen LogP contribution in [-0.2, 0) is 4.74 Å². The van der Waals surface area contributed by atoms with E-state index in [9.17, 15) is 9.90 Å². The second kappa shape index (κ2) is 7.11. The number of amides is 1. The van der Waals surface area contributed by atoms with E-state index in [4.69, 9.17) is 4.74 Å². The fourth-order valence-corrected chi connectivity index (χ4v) is 3.53. The zero-order valence-corrected chi connectivity index (χ0v) is 14.6. The van der Waals surface area contributed by atoms with Gasteiger partial charge in [-0.3, -0.25) is 4.90 Å². The van der Waals surface area contributed by atoms with Crippen LogP contribution in [0.25, 0.3) is 0 Å². The number of hydrogen-bond acceptors (Lipinski definition) is 4. The number of aliphatic hydroxyl groups is 1. The first-order valence-electron chi connectivity index (χ1n) is 8.97. The second-order valence-electron chi connectivity index (χ2n) is 7.37. The molecule has 1 atom stereocenters. The summed E-state index contributed by atoms with van der Waals surface area (Å²) in [5.74, 6) is 0.722. The first-order chi connectivity index (χ1) is 11.5. The highest BCUT2D eigenvalue weighted by molar-refractivity contribution is 5.89. The molecule has 1 aliphatic carbocycles. The largest absolute Gasteiger partial charge is 0.447 e. The van der Waals surface area contributed by atoms with Gasteiger partial charge in [0.1, 0.15) is 6.61 Å². The number of benzene rings is 1. The van der Waals surface area contributed by atoms with Crippen LogP contribution >= 0.6 is 0 Å². The van der Waals surface area contributed by atoms with Crippen LogP contribution in [0, 0.1) is 5.92 Å². The van der Waals surface area contributed by atoms with E-state index in [-0.39, 0.29) is 12.1 Å². The van der Waals surface area contributed by atoms with E-state index < -0.39 is 5.60 Å². The molecule has 1 saturated heterocycles. The van der Waals surface area contributed by atoms with Crippen molar-refractivity contribution >= 4 is 11.8 Å². The molecule has 0 unspecified atom stereocenters. The van der Waals surface area contributed by atoms with Crippen molar-refractivity contribution in [3.05, 3.63) is 29.8 Å². The van der Waals surface area contributed by atoms with Crippen molar-refractivity contribution in [2.45, 2.75) is 51.2 Å². The van der Waals surface area contributed by atoms with E-state index in [1.54, 1.807) is 4.90 Å². The van der Waals surface area contributed by atoms with Gasteiger partial charge in [0.2, 0.25) is 0 Å². The Bertz CT molecular complexity index is 582. The molecule has 0 radical (unpaired) electrons. The molecular formula is C19H28N2O3.